The lowest BCUT2D eigenvalue weighted by molar-refractivity contribution is -0.385. The SMILES string of the molecule is O=C1[C@@H](NS(=O)(=O)C2(Cl)CC=C(c3cccs3)S2)CCN1c1ccc([N+](=O)[O-])cc1F. The van der Waals surface area contributed by atoms with Crippen LogP contribution in [0.2, 0.25) is 0 Å². The van der Waals surface area contributed by atoms with Crippen LogP contribution in [0.5, 0.6) is 0 Å². The van der Waals surface area contributed by atoms with E-state index in [9.17, 15) is 27.7 Å². The summed E-state index contributed by atoms with van der Waals surface area (Å²) in [4.78, 5) is 25.5. The number of anilines is 1. The minimum absolute atomic E-state index is 0.0574. The molecule has 8 nitrogen and oxygen atoms in total. The average molecular weight is 504 g/mol. The van der Waals surface area contributed by atoms with Crippen LogP contribution in [-0.4, -0.2) is 35.4 Å². The summed E-state index contributed by atoms with van der Waals surface area (Å²) in [5.41, 5.74) is -0.587. The number of nitro benzene ring substituents is 1. The number of sulfonamides is 1. The number of halogens is 2. The van der Waals surface area contributed by atoms with Crippen LogP contribution in [0.4, 0.5) is 15.8 Å². The Morgan fingerprint density at radius 3 is 2.77 bits per heavy atom. The van der Waals surface area contributed by atoms with E-state index in [1.165, 1.54) is 11.3 Å². The summed E-state index contributed by atoms with van der Waals surface area (Å²) in [6, 6.07) is 5.55. The maximum Gasteiger partial charge on any atom is 0.272 e. The number of non-ortho nitro benzene ring substituents is 1. The van der Waals surface area contributed by atoms with Crippen molar-refractivity contribution in [2.45, 2.75) is 22.4 Å². The summed E-state index contributed by atoms with van der Waals surface area (Å²) in [6.45, 7) is 0.0574. The molecule has 2 atom stereocenters. The second kappa shape index (κ2) is 8.17. The van der Waals surface area contributed by atoms with Crippen molar-refractivity contribution >= 4 is 66.9 Å². The van der Waals surface area contributed by atoms with Gasteiger partial charge in [0, 0.05) is 28.8 Å². The third-order valence-corrected chi connectivity index (χ3v) is 10.5. The van der Waals surface area contributed by atoms with Crippen molar-refractivity contribution in [2.24, 2.45) is 0 Å². The topological polar surface area (TPSA) is 110 Å². The van der Waals surface area contributed by atoms with Crippen molar-refractivity contribution in [3.63, 3.8) is 0 Å². The van der Waals surface area contributed by atoms with Gasteiger partial charge >= 0.3 is 0 Å². The highest BCUT2D eigenvalue weighted by molar-refractivity contribution is 8.21. The molecule has 1 aromatic heterocycles. The van der Waals surface area contributed by atoms with Crippen LogP contribution in [0.15, 0.2) is 41.8 Å². The second-order valence-electron chi connectivity index (χ2n) is 6.86. The Labute approximate surface area is 190 Å². The van der Waals surface area contributed by atoms with Gasteiger partial charge in [-0.25, -0.2) is 17.5 Å². The van der Waals surface area contributed by atoms with Crippen LogP contribution in [0, 0.1) is 15.9 Å². The Morgan fingerprint density at radius 2 is 2.13 bits per heavy atom. The number of nitrogens with zero attached hydrogens (tertiary/aromatic N) is 2. The lowest BCUT2D eigenvalue weighted by Crippen LogP contribution is -2.47. The van der Waals surface area contributed by atoms with Gasteiger partial charge in [0.25, 0.3) is 5.69 Å². The quantitative estimate of drug-likeness (QED) is 0.364. The average Bonchev–Trinajstić information content (AvgIpc) is 3.44. The van der Waals surface area contributed by atoms with Crippen molar-refractivity contribution in [1.29, 1.82) is 0 Å². The van der Waals surface area contributed by atoms with E-state index in [1.807, 2.05) is 17.5 Å². The Morgan fingerprint density at radius 1 is 1.35 bits per heavy atom. The molecule has 13 heteroatoms. The van der Waals surface area contributed by atoms with Gasteiger partial charge in [0.1, 0.15) is 6.04 Å². The molecule has 1 fully saturated rings. The Kier molecular flexibility index (Phi) is 5.85. The highest BCUT2D eigenvalue weighted by atomic mass is 35.5. The van der Waals surface area contributed by atoms with E-state index in [0.717, 1.165) is 44.6 Å². The number of nitro groups is 1. The highest BCUT2D eigenvalue weighted by Crippen LogP contribution is 2.53. The first-order valence-corrected chi connectivity index (χ1v) is 12.6. The largest absolute Gasteiger partial charge is 0.308 e. The standard InChI is InChI=1S/C18H15ClFN3O5S3/c19-18(7-5-16(30-18)15-2-1-9-29-15)31(27,28)21-13-6-8-22(17(13)24)14-4-3-11(23(25)26)10-12(14)20/h1-5,9-10,13,21H,6-8H2/t13-,18?/m0/s1. The summed E-state index contributed by atoms with van der Waals surface area (Å²) < 4.78 is 41.0. The van der Waals surface area contributed by atoms with Gasteiger partial charge in [-0.1, -0.05) is 35.5 Å². The first-order valence-electron chi connectivity index (χ1n) is 9.00. The van der Waals surface area contributed by atoms with Gasteiger partial charge in [0.05, 0.1) is 16.7 Å². The molecular formula is C18H15ClFN3O5S3. The maximum absolute atomic E-state index is 14.3. The number of nitrogens with one attached hydrogen (secondary N) is 1. The van der Waals surface area contributed by atoms with Gasteiger partial charge < -0.3 is 4.90 Å². The number of allylic oxidation sites excluding steroid dienone is 1. The van der Waals surface area contributed by atoms with Crippen molar-refractivity contribution in [2.75, 3.05) is 11.4 Å². The summed E-state index contributed by atoms with van der Waals surface area (Å²) in [5, 5.41) is 12.7. The molecule has 1 N–H and O–H groups in total. The van der Waals surface area contributed by atoms with Crippen LogP contribution in [-0.2, 0) is 14.8 Å². The van der Waals surface area contributed by atoms with Crippen LogP contribution < -0.4 is 9.62 Å². The number of carbonyl (C=O) groups excluding carboxylic acids is 1. The molecule has 2 aliphatic heterocycles. The van der Waals surface area contributed by atoms with E-state index in [-0.39, 0.29) is 25.1 Å². The normalized spacial score (nSPS) is 23.9. The molecule has 1 aromatic carbocycles. The maximum atomic E-state index is 14.3. The summed E-state index contributed by atoms with van der Waals surface area (Å²) in [7, 11) is -4.13. The smallest absolute Gasteiger partial charge is 0.272 e. The van der Waals surface area contributed by atoms with Crippen LogP contribution >= 0.6 is 34.7 Å². The van der Waals surface area contributed by atoms with E-state index >= 15 is 0 Å². The number of hydrogen-bond acceptors (Lipinski definition) is 7. The molecule has 1 saturated heterocycles. The Bertz CT molecular complexity index is 1190. The van der Waals surface area contributed by atoms with E-state index in [0.29, 0.717) is 0 Å². The fraction of sp³-hybridized carbons (Fsp3) is 0.278. The zero-order chi connectivity index (χ0) is 22.4. The summed E-state index contributed by atoms with van der Waals surface area (Å²) in [6.07, 6.45) is 1.92. The predicted molar refractivity (Wildman–Crippen MR) is 119 cm³/mol. The van der Waals surface area contributed by atoms with E-state index in [2.05, 4.69) is 4.72 Å². The molecule has 3 heterocycles. The van der Waals surface area contributed by atoms with E-state index in [4.69, 9.17) is 11.6 Å². The zero-order valence-corrected chi connectivity index (χ0v) is 18.9. The number of alkyl halides is 1. The number of carbonyl (C=O) groups is 1. The zero-order valence-electron chi connectivity index (χ0n) is 15.7. The molecule has 164 valence electrons. The molecule has 0 aliphatic carbocycles. The number of rotatable bonds is 6. The van der Waals surface area contributed by atoms with Crippen molar-refractivity contribution in [1.82, 2.24) is 4.72 Å². The van der Waals surface area contributed by atoms with Gasteiger partial charge in [-0.05, 0) is 23.9 Å². The minimum atomic E-state index is -4.13. The van der Waals surface area contributed by atoms with Crippen molar-refractivity contribution < 1.29 is 22.5 Å². The van der Waals surface area contributed by atoms with Gasteiger partial charge in [-0.2, -0.15) is 0 Å². The molecule has 0 spiro atoms. The molecule has 1 amide bonds. The number of thiophene rings is 1. The minimum Gasteiger partial charge on any atom is -0.308 e. The molecule has 4 rings (SSSR count). The van der Waals surface area contributed by atoms with Crippen LogP contribution in [0.1, 0.15) is 17.7 Å². The Hall–Kier alpha value is -1.99. The van der Waals surface area contributed by atoms with Crippen molar-refractivity contribution in [3.05, 3.63) is 62.6 Å². The molecule has 0 saturated carbocycles. The number of hydrogen-bond donors (Lipinski definition) is 1. The van der Waals surface area contributed by atoms with E-state index < -0.39 is 41.9 Å². The monoisotopic (exact) mass is 503 g/mol. The van der Waals surface area contributed by atoms with Crippen LogP contribution in [0.25, 0.3) is 4.91 Å². The third kappa shape index (κ3) is 4.10. The highest BCUT2D eigenvalue weighted by Gasteiger charge is 2.49. The van der Waals surface area contributed by atoms with Crippen LogP contribution in [0.3, 0.4) is 0 Å². The Balaban J connectivity index is 1.48. The van der Waals surface area contributed by atoms with Crippen molar-refractivity contribution in [3.8, 4) is 0 Å². The van der Waals surface area contributed by atoms with Gasteiger partial charge in [0.2, 0.25) is 19.5 Å². The summed E-state index contributed by atoms with van der Waals surface area (Å²) in [5.74, 6) is -1.58. The predicted octanol–water partition coefficient (Wildman–Crippen LogP) is 3.89. The molecule has 31 heavy (non-hydrogen) atoms. The number of amides is 1. The lowest BCUT2D eigenvalue weighted by Gasteiger charge is -2.24. The fourth-order valence-electron chi connectivity index (χ4n) is 3.33. The molecule has 1 unspecified atom stereocenters. The molecule has 0 radical (unpaired) electrons. The molecular weight excluding hydrogens is 489 g/mol. The second-order valence-corrected chi connectivity index (χ2v) is 12.4. The first-order chi connectivity index (χ1) is 14.6. The molecule has 2 aliphatic rings. The summed E-state index contributed by atoms with van der Waals surface area (Å²) >= 11 is 8.91. The number of benzene rings is 1. The fourth-order valence-corrected chi connectivity index (χ4v) is 7.47. The molecule has 0 bridgehead atoms. The van der Waals surface area contributed by atoms with E-state index in [1.54, 1.807) is 6.08 Å². The van der Waals surface area contributed by atoms with Gasteiger partial charge in [0.15, 0.2) is 5.82 Å². The first kappa shape index (κ1) is 22.2. The van der Waals surface area contributed by atoms with Gasteiger partial charge in [-0.3, -0.25) is 14.9 Å². The lowest BCUT2D eigenvalue weighted by atomic mass is 10.2. The third-order valence-electron chi connectivity index (χ3n) is 4.89. The molecule has 2 aromatic rings. The number of thioether (sulfide) groups is 1. The van der Waals surface area contributed by atoms with Gasteiger partial charge in [-0.15, -0.1) is 11.3 Å².